The van der Waals surface area contributed by atoms with E-state index in [1.807, 2.05) is 6.26 Å². The van der Waals surface area contributed by atoms with Gasteiger partial charge in [-0.05, 0) is 24.9 Å². The number of aliphatic carboxylic acids is 1. The van der Waals surface area contributed by atoms with E-state index in [1.165, 1.54) is 11.8 Å². The lowest BCUT2D eigenvalue weighted by Gasteiger charge is -2.14. The van der Waals surface area contributed by atoms with Crippen molar-refractivity contribution in [3.8, 4) is 0 Å². The van der Waals surface area contributed by atoms with Crippen LogP contribution in [0.2, 0.25) is 0 Å². The van der Waals surface area contributed by atoms with E-state index in [0.29, 0.717) is 18.6 Å². The summed E-state index contributed by atoms with van der Waals surface area (Å²) in [4.78, 5) is 22.3. The van der Waals surface area contributed by atoms with Crippen molar-refractivity contribution >= 4 is 33.8 Å². The van der Waals surface area contributed by atoms with Gasteiger partial charge in [0.15, 0.2) is 0 Å². The molecule has 118 valence electrons. The Kier molecular flexibility index (Phi) is 9.34. The Morgan fingerprint density at radius 2 is 1.95 bits per heavy atom. The first-order chi connectivity index (χ1) is 9.26. The number of carbonyl (C=O) groups excluding carboxylic acids is 1. The molecule has 0 fully saturated rings. The van der Waals surface area contributed by atoms with Crippen LogP contribution in [0, 0.1) is 0 Å². The Morgan fingerprint density at radius 1 is 1.30 bits per heavy atom. The zero-order valence-electron chi connectivity index (χ0n) is 11.5. The van der Waals surface area contributed by atoms with Crippen LogP contribution in [0.3, 0.4) is 0 Å². The SMILES string of the molecule is CSCC[C@H](NC(=O)NCCCNS(C)(=O)=O)C(=O)O. The smallest absolute Gasteiger partial charge is 0.326 e. The molecule has 1 atom stereocenters. The number of thioether (sulfide) groups is 1. The lowest BCUT2D eigenvalue weighted by atomic mass is 10.2. The molecule has 0 heterocycles. The molecular formula is C10H21N3O5S2. The highest BCUT2D eigenvalue weighted by Crippen LogP contribution is 2.00. The molecule has 0 aromatic carbocycles. The number of urea groups is 1. The minimum absolute atomic E-state index is 0.216. The number of carboxylic acids is 1. The molecule has 0 aromatic rings. The van der Waals surface area contributed by atoms with Gasteiger partial charge in [-0.2, -0.15) is 11.8 Å². The van der Waals surface area contributed by atoms with Crippen LogP contribution in [0.1, 0.15) is 12.8 Å². The summed E-state index contributed by atoms with van der Waals surface area (Å²) in [5.41, 5.74) is 0. The summed E-state index contributed by atoms with van der Waals surface area (Å²) in [6, 6.07) is -1.49. The third kappa shape index (κ3) is 10.9. The fourth-order valence-corrected chi connectivity index (χ4v) is 2.24. The van der Waals surface area contributed by atoms with Crippen molar-refractivity contribution in [3.63, 3.8) is 0 Å². The Labute approximate surface area is 123 Å². The molecular weight excluding hydrogens is 306 g/mol. The van der Waals surface area contributed by atoms with Gasteiger partial charge < -0.3 is 15.7 Å². The molecule has 20 heavy (non-hydrogen) atoms. The molecule has 0 radical (unpaired) electrons. The molecule has 8 nitrogen and oxygen atoms in total. The van der Waals surface area contributed by atoms with Gasteiger partial charge in [-0.15, -0.1) is 0 Å². The number of carboxylic acid groups (broad SMARTS) is 1. The highest BCUT2D eigenvalue weighted by Gasteiger charge is 2.18. The van der Waals surface area contributed by atoms with Gasteiger partial charge in [0.1, 0.15) is 6.04 Å². The molecule has 0 aliphatic rings. The summed E-state index contributed by atoms with van der Waals surface area (Å²) in [5.74, 6) is -0.442. The van der Waals surface area contributed by atoms with E-state index in [9.17, 15) is 18.0 Å². The summed E-state index contributed by atoms with van der Waals surface area (Å²) in [6.07, 6.45) is 3.67. The van der Waals surface area contributed by atoms with Crippen molar-refractivity contribution in [1.29, 1.82) is 0 Å². The molecule has 0 saturated heterocycles. The minimum atomic E-state index is -3.22. The van der Waals surface area contributed by atoms with E-state index >= 15 is 0 Å². The van der Waals surface area contributed by atoms with E-state index in [1.54, 1.807) is 0 Å². The van der Waals surface area contributed by atoms with Crippen LogP contribution in [-0.4, -0.2) is 62.9 Å². The molecule has 0 unspecified atom stereocenters. The zero-order chi connectivity index (χ0) is 15.6. The summed E-state index contributed by atoms with van der Waals surface area (Å²) >= 11 is 1.50. The number of sulfonamides is 1. The van der Waals surface area contributed by atoms with Crippen LogP contribution in [0.25, 0.3) is 0 Å². The predicted octanol–water partition coefficient (Wildman–Crippen LogP) is -0.569. The van der Waals surface area contributed by atoms with Crippen LogP contribution >= 0.6 is 11.8 Å². The van der Waals surface area contributed by atoms with E-state index in [4.69, 9.17) is 5.11 Å². The van der Waals surface area contributed by atoms with Crippen molar-refractivity contribution in [2.24, 2.45) is 0 Å². The van der Waals surface area contributed by atoms with Crippen LogP contribution < -0.4 is 15.4 Å². The Balaban J connectivity index is 3.88. The van der Waals surface area contributed by atoms with Crippen LogP contribution in [0.4, 0.5) is 4.79 Å². The normalized spacial score (nSPS) is 12.7. The Bertz CT molecular complexity index is 413. The second kappa shape index (κ2) is 9.83. The molecule has 0 saturated carbocycles. The van der Waals surface area contributed by atoms with Crippen LogP contribution in [0.5, 0.6) is 0 Å². The van der Waals surface area contributed by atoms with E-state index in [0.717, 1.165) is 6.26 Å². The van der Waals surface area contributed by atoms with Crippen molar-refractivity contribution in [3.05, 3.63) is 0 Å². The number of hydrogen-bond donors (Lipinski definition) is 4. The molecule has 0 aliphatic heterocycles. The molecule has 0 rings (SSSR count). The van der Waals surface area contributed by atoms with Crippen LogP contribution in [-0.2, 0) is 14.8 Å². The quantitative estimate of drug-likeness (QED) is 0.398. The predicted molar refractivity (Wildman–Crippen MR) is 78.4 cm³/mol. The van der Waals surface area contributed by atoms with Crippen LogP contribution in [0.15, 0.2) is 0 Å². The van der Waals surface area contributed by atoms with Gasteiger partial charge >= 0.3 is 12.0 Å². The average molecular weight is 327 g/mol. The molecule has 0 spiro atoms. The fourth-order valence-electron chi connectivity index (χ4n) is 1.25. The minimum Gasteiger partial charge on any atom is -0.480 e. The van der Waals surface area contributed by atoms with Gasteiger partial charge in [-0.25, -0.2) is 22.7 Å². The first-order valence-corrected chi connectivity index (χ1v) is 9.25. The maximum Gasteiger partial charge on any atom is 0.326 e. The maximum atomic E-state index is 11.5. The van der Waals surface area contributed by atoms with E-state index in [2.05, 4.69) is 15.4 Å². The lowest BCUT2D eigenvalue weighted by molar-refractivity contribution is -0.139. The topological polar surface area (TPSA) is 125 Å². The summed E-state index contributed by atoms with van der Waals surface area (Å²) in [6.45, 7) is 0.469. The molecule has 2 amide bonds. The molecule has 10 heteroatoms. The van der Waals surface area contributed by atoms with Gasteiger partial charge in [0, 0.05) is 13.1 Å². The van der Waals surface area contributed by atoms with Gasteiger partial charge in [-0.1, -0.05) is 0 Å². The lowest BCUT2D eigenvalue weighted by Crippen LogP contribution is -2.46. The maximum absolute atomic E-state index is 11.5. The van der Waals surface area contributed by atoms with Crippen molar-refractivity contribution in [1.82, 2.24) is 15.4 Å². The first-order valence-electron chi connectivity index (χ1n) is 5.97. The standard InChI is InChI=1S/C10H21N3O5S2/c1-19-7-4-8(9(14)15)13-10(16)11-5-3-6-12-20(2,17)18/h8,12H,3-7H2,1-2H3,(H,14,15)(H2,11,13,16)/t8-/m0/s1. The zero-order valence-corrected chi connectivity index (χ0v) is 13.1. The number of nitrogens with one attached hydrogen (secondary N) is 3. The molecule has 0 bridgehead atoms. The highest BCUT2D eigenvalue weighted by molar-refractivity contribution is 7.98. The number of carbonyl (C=O) groups is 2. The second-order valence-corrected chi connectivity index (χ2v) is 6.91. The summed E-state index contributed by atoms with van der Waals surface area (Å²) < 4.78 is 23.8. The van der Waals surface area contributed by atoms with Crippen molar-refractivity contribution in [2.45, 2.75) is 18.9 Å². The van der Waals surface area contributed by atoms with Gasteiger partial charge in [0.25, 0.3) is 0 Å². The third-order valence-corrected chi connectivity index (χ3v) is 3.59. The number of amides is 2. The second-order valence-electron chi connectivity index (χ2n) is 4.09. The number of rotatable bonds is 10. The van der Waals surface area contributed by atoms with E-state index in [-0.39, 0.29) is 13.1 Å². The summed E-state index contributed by atoms with van der Waals surface area (Å²) in [5, 5.41) is 13.8. The Hall–Kier alpha value is -1.00. The third-order valence-electron chi connectivity index (χ3n) is 2.22. The van der Waals surface area contributed by atoms with Crippen molar-refractivity contribution < 1.29 is 23.1 Å². The highest BCUT2D eigenvalue weighted by atomic mass is 32.2. The largest absolute Gasteiger partial charge is 0.480 e. The number of hydrogen-bond acceptors (Lipinski definition) is 5. The van der Waals surface area contributed by atoms with Gasteiger partial charge in [0.05, 0.1) is 6.26 Å². The Morgan fingerprint density at radius 3 is 2.45 bits per heavy atom. The molecule has 0 aromatic heterocycles. The van der Waals surface area contributed by atoms with E-state index < -0.39 is 28.1 Å². The van der Waals surface area contributed by atoms with Gasteiger partial charge in [0.2, 0.25) is 10.0 Å². The van der Waals surface area contributed by atoms with Gasteiger partial charge in [-0.3, -0.25) is 0 Å². The first kappa shape index (κ1) is 19.0. The molecule has 4 N–H and O–H groups in total. The monoisotopic (exact) mass is 327 g/mol. The fraction of sp³-hybridized carbons (Fsp3) is 0.800. The average Bonchev–Trinajstić information content (AvgIpc) is 2.32. The van der Waals surface area contributed by atoms with Crippen molar-refractivity contribution in [2.75, 3.05) is 31.4 Å². The molecule has 0 aliphatic carbocycles. The summed E-state index contributed by atoms with van der Waals surface area (Å²) in [7, 11) is -3.22.